The van der Waals surface area contributed by atoms with Crippen molar-refractivity contribution in [2.24, 2.45) is 0 Å². The Morgan fingerprint density at radius 1 is 1.21 bits per heavy atom. The van der Waals surface area contributed by atoms with Crippen LogP contribution in [0.2, 0.25) is 0 Å². The first-order valence-electron chi connectivity index (χ1n) is 13.4. The molecule has 4 heterocycles. The largest absolute Gasteiger partial charge is 0.444 e. The topological polar surface area (TPSA) is 112 Å². The molecule has 0 bridgehead atoms. The second kappa shape index (κ2) is 10.7. The number of aromatic nitrogens is 2. The molecule has 0 aliphatic carbocycles. The van der Waals surface area contributed by atoms with Crippen molar-refractivity contribution < 1.29 is 19.1 Å². The maximum absolute atomic E-state index is 13.2. The quantitative estimate of drug-likeness (QED) is 0.503. The van der Waals surface area contributed by atoms with E-state index in [1.807, 2.05) is 43.0 Å². The first kappa shape index (κ1) is 26.7. The van der Waals surface area contributed by atoms with Crippen LogP contribution in [0.25, 0.3) is 22.2 Å². The lowest BCUT2D eigenvalue weighted by Gasteiger charge is -2.34. The summed E-state index contributed by atoms with van der Waals surface area (Å²) in [6, 6.07) is 8.49. The molecule has 1 fully saturated rings. The molecule has 1 atom stereocenters. The molecule has 0 saturated carbocycles. The molecule has 2 aromatic heterocycles. The summed E-state index contributed by atoms with van der Waals surface area (Å²) < 4.78 is 10.9. The highest BCUT2D eigenvalue weighted by atomic mass is 16.6. The van der Waals surface area contributed by atoms with Crippen LogP contribution in [0.15, 0.2) is 30.6 Å². The fourth-order valence-electron chi connectivity index (χ4n) is 5.67. The fourth-order valence-corrected chi connectivity index (χ4v) is 5.67. The van der Waals surface area contributed by atoms with E-state index in [4.69, 9.17) is 9.47 Å². The van der Waals surface area contributed by atoms with Gasteiger partial charge >= 0.3 is 6.09 Å². The number of methoxy groups -OCH3 is 1. The van der Waals surface area contributed by atoms with Gasteiger partial charge in [0.1, 0.15) is 17.9 Å². The minimum absolute atomic E-state index is 0.0410. The first-order valence-corrected chi connectivity index (χ1v) is 13.4. The van der Waals surface area contributed by atoms with Crippen molar-refractivity contribution in [3.8, 4) is 17.2 Å². The van der Waals surface area contributed by atoms with E-state index in [9.17, 15) is 14.9 Å². The van der Waals surface area contributed by atoms with Crippen LogP contribution in [0.1, 0.15) is 61.9 Å². The number of nitrogens with zero attached hydrogens (tertiary/aromatic N) is 4. The van der Waals surface area contributed by atoms with E-state index in [-0.39, 0.29) is 24.6 Å². The van der Waals surface area contributed by atoms with E-state index < -0.39 is 5.60 Å². The number of amides is 2. The van der Waals surface area contributed by atoms with Crippen molar-refractivity contribution in [1.82, 2.24) is 19.8 Å². The summed E-state index contributed by atoms with van der Waals surface area (Å²) in [5.41, 5.74) is 6.35. The number of ether oxygens (including phenoxy) is 2. The Bertz CT molecular complexity index is 1450. The minimum Gasteiger partial charge on any atom is -0.444 e. The molecule has 0 spiro atoms. The van der Waals surface area contributed by atoms with Gasteiger partial charge in [-0.2, -0.15) is 5.26 Å². The Morgan fingerprint density at radius 2 is 2.03 bits per heavy atom. The van der Waals surface area contributed by atoms with Crippen molar-refractivity contribution in [2.45, 2.75) is 64.6 Å². The van der Waals surface area contributed by atoms with Gasteiger partial charge in [-0.1, -0.05) is 6.07 Å². The van der Waals surface area contributed by atoms with E-state index in [1.54, 1.807) is 0 Å². The van der Waals surface area contributed by atoms with Crippen molar-refractivity contribution in [3.63, 3.8) is 0 Å². The molecule has 204 valence electrons. The van der Waals surface area contributed by atoms with Crippen LogP contribution >= 0.6 is 0 Å². The van der Waals surface area contributed by atoms with Crippen LogP contribution < -0.4 is 0 Å². The lowest BCUT2D eigenvalue weighted by molar-refractivity contribution is -0.136. The lowest BCUT2D eigenvalue weighted by atomic mass is 9.86. The normalized spacial score (nSPS) is 17.3. The number of carbonyl (C=O) groups excluding carboxylic acids is 2. The molecule has 1 N–H and O–H groups in total. The number of likely N-dealkylation sites (tertiary alicyclic amines) is 1. The number of nitrogens with one attached hydrogen (secondary N) is 1. The average Bonchev–Trinajstić information content (AvgIpc) is 3.54. The van der Waals surface area contributed by atoms with Crippen LogP contribution in [-0.4, -0.2) is 64.2 Å². The van der Waals surface area contributed by atoms with Crippen molar-refractivity contribution in [2.75, 3.05) is 26.8 Å². The highest BCUT2D eigenvalue weighted by Crippen LogP contribution is 2.40. The number of carbonyl (C=O) groups is 2. The number of H-pyrrole nitrogens is 1. The molecule has 9 heteroatoms. The summed E-state index contributed by atoms with van der Waals surface area (Å²) in [5, 5.41) is 10.2. The van der Waals surface area contributed by atoms with E-state index in [2.05, 4.69) is 34.2 Å². The summed E-state index contributed by atoms with van der Waals surface area (Å²) in [7, 11) is 1.53. The molecule has 1 unspecified atom stereocenters. The number of nitriles is 1. The molecule has 1 saturated heterocycles. The third-order valence-electron chi connectivity index (χ3n) is 7.46. The number of pyridine rings is 1. The average molecular weight is 530 g/mol. The van der Waals surface area contributed by atoms with Gasteiger partial charge in [-0.25, -0.2) is 9.78 Å². The van der Waals surface area contributed by atoms with Gasteiger partial charge < -0.3 is 24.3 Å². The van der Waals surface area contributed by atoms with E-state index in [0.29, 0.717) is 32.5 Å². The monoisotopic (exact) mass is 529 g/mol. The number of hydrogen-bond donors (Lipinski definition) is 1. The van der Waals surface area contributed by atoms with Gasteiger partial charge in [0.15, 0.2) is 0 Å². The third-order valence-corrected chi connectivity index (χ3v) is 7.46. The van der Waals surface area contributed by atoms with E-state index in [0.717, 1.165) is 51.7 Å². The minimum atomic E-state index is -0.590. The molecule has 2 amide bonds. The second-order valence-corrected chi connectivity index (χ2v) is 11.3. The van der Waals surface area contributed by atoms with Crippen LogP contribution in [0.4, 0.5) is 4.79 Å². The predicted octanol–water partition coefficient (Wildman–Crippen LogP) is 4.90. The second-order valence-electron chi connectivity index (χ2n) is 11.3. The van der Waals surface area contributed by atoms with Crippen molar-refractivity contribution in [3.05, 3.63) is 52.8 Å². The summed E-state index contributed by atoms with van der Waals surface area (Å²) in [5.74, 6) is -0.0410. The Balaban J connectivity index is 1.59. The zero-order chi connectivity index (χ0) is 27.7. The molecule has 2 aliphatic heterocycles. The Hall–Kier alpha value is -3.90. The number of aromatic amines is 1. The number of hydrogen-bond acceptors (Lipinski definition) is 6. The summed E-state index contributed by atoms with van der Waals surface area (Å²) >= 11 is 0. The van der Waals surface area contributed by atoms with Crippen molar-refractivity contribution >= 4 is 23.0 Å². The van der Waals surface area contributed by atoms with Gasteiger partial charge in [0, 0.05) is 50.1 Å². The molecule has 2 aliphatic rings. The fraction of sp³-hybridized carbons (Fsp3) is 0.467. The third kappa shape index (κ3) is 5.48. The summed E-state index contributed by atoms with van der Waals surface area (Å²) in [6.45, 7) is 7.39. The molecule has 39 heavy (non-hydrogen) atoms. The van der Waals surface area contributed by atoms with Gasteiger partial charge in [0.25, 0.3) is 0 Å². The van der Waals surface area contributed by atoms with E-state index in [1.165, 1.54) is 12.7 Å². The number of rotatable bonds is 5. The Labute approximate surface area is 228 Å². The smallest absolute Gasteiger partial charge is 0.410 e. The van der Waals surface area contributed by atoms with Gasteiger partial charge in [-0.05, 0) is 80.0 Å². The van der Waals surface area contributed by atoms with Crippen LogP contribution in [0, 0.1) is 11.3 Å². The highest BCUT2D eigenvalue weighted by molar-refractivity contribution is 5.85. The zero-order valence-corrected chi connectivity index (χ0v) is 23.0. The number of benzene rings is 1. The molecule has 1 aromatic carbocycles. The lowest BCUT2D eigenvalue weighted by Crippen LogP contribution is -2.40. The Kier molecular flexibility index (Phi) is 7.32. The number of fused-ring (bicyclic) bond motifs is 2. The predicted molar refractivity (Wildman–Crippen MR) is 147 cm³/mol. The molecule has 5 rings (SSSR count). The molecular weight excluding hydrogens is 494 g/mol. The standard InChI is InChI=1S/C30H35N5O4/c1-30(2,3)39-29(37)35-10-5-6-26(35)24-13-21(12-19-8-11-34(17-25(19)24)27(36)18-38-4)22-14-23-20(7-9-31)15-32-28(23)33-16-22/h12-16,26H,5-8,10-11,17-18H2,1-4H3,(H,32,33). The van der Waals surface area contributed by atoms with Crippen LogP contribution in [0.3, 0.4) is 0 Å². The maximum Gasteiger partial charge on any atom is 0.410 e. The first-order chi connectivity index (χ1) is 18.7. The zero-order valence-electron chi connectivity index (χ0n) is 23.0. The van der Waals surface area contributed by atoms with Gasteiger partial charge in [0.2, 0.25) is 5.91 Å². The van der Waals surface area contributed by atoms with E-state index >= 15 is 0 Å². The van der Waals surface area contributed by atoms with Crippen molar-refractivity contribution in [1.29, 1.82) is 5.26 Å². The molecule has 0 radical (unpaired) electrons. The molecule has 3 aromatic rings. The Morgan fingerprint density at radius 3 is 2.77 bits per heavy atom. The SMILES string of the molecule is COCC(=O)N1CCc2cc(-c3cnc4[nH]cc(CC#N)c4c3)cc(C3CCCN3C(=O)OC(C)(C)C)c2C1. The molecular formula is C30H35N5O4. The maximum atomic E-state index is 13.2. The van der Waals surface area contributed by atoms with Crippen LogP contribution in [0.5, 0.6) is 0 Å². The van der Waals surface area contributed by atoms with Crippen LogP contribution in [-0.2, 0) is 33.7 Å². The summed E-state index contributed by atoms with van der Waals surface area (Å²) in [4.78, 5) is 37.4. The van der Waals surface area contributed by atoms with Gasteiger partial charge in [-0.3, -0.25) is 4.79 Å². The highest BCUT2D eigenvalue weighted by Gasteiger charge is 2.36. The molecule has 9 nitrogen and oxygen atoms in total. The van der Waals surface area contributed by atoms with Gasteiger partial charge in [-0.15, -0.1) is 0 Å². The van der Waals surface area contributed by atoms with Gasteiger partial charge in [0.05, 0.1) is 18.5 Å². The summed E-state index contributed by atoms with van der Waals surface area (Å²) in [6.07, 6.45) is 6.09.